The van der Waals surface area contributed by atoms with Crippen molar-refractivity contribution < 1.29 is 14.3 Å². The molecule has 5 heteroatoms. The van der Waals surface area contributed by atoms with Crippen molar-refractivity contribution in [1.29, 1.82) is 0 Å². The Morgan fingerprint density at radius 2 is 1.92 bits per heavy atom. The molecule has 1 aromatic rings. The summed E-state index contributed by atoms with van der Waals surface area (Å²) in [5.74, 6) is -0.455. The summed E-state index contributed by atoms with van der Waals surface area (Å²) in [5.41, 5.74) is 6.76. The Kier molecular flexibility index (Phi) is 6.31. The number of hydrogen-bond donors (Lipinski definition) is 2. The first-order valence-corrected chi connectivity index (χ1v) is 8.33. The van der Waals surface area contributed by atoms with E-state index in [0.29, 0.717) is 11.6 Å². The van der Waals surface area contributed by atoms with Gasteiger partial charge in [0.2, 0.25) is 0 Å². The van der Waals surface area contributed by atoms with E-state index in [9.17, 15) is 9.59 Å². The molecular formula is C20H24N2O3. The lowest BCUT2D eigenvalue weighted by molar-refractivity contribution is -0.136. The number of esters is 1. The quantitative estimate of drug-likeness (QED) is 0.638. The normalized spacial score (nSPS) is 17.6. The fraction of sp³-hybridized carbons (Fsp3) is 0.300. The first-order chi connectivity index (χ1) is 11.9. The van der Waals surface area contributed by atoms with E-state index in [4.69, 9.17) is 10.5 Å². The fourth-order valence-electron chi connectivity index (χ4n) is 2.18. The van der Waals surface area contributed by atoms with Gasteiger partial charge in [-0.1, -0.05) is 51.1 Å². The number of hydrogen-bond acceptors (Lipinski definition) is 4. The van der Waals surface area contributed by atoms with E-state index in [2.05, 4.69) is 12.2 Å². The van der Waals surface area contributed by atoms with Crippen molar-refractivity contribution in [1.82, 2.24) is 5.32 Å². The molecule has 0 saturated carbocycles. The summed E-state index contributed by atoms with van der Waals surface area (Å²) < 4.78 is 5.34. The van der Waals surface area contributed by atoms with Gasteiger partial charge in [-0.05, 0) is 36.1 Å². The molecule has 1 amide bonds. The lowest BCUT2D eigenvalue weighted by atomic mass is 10.1. The highest BCUT2D eigenvalue weighted by molar-refractivity contribution is 5.99. The number of para-hydroxylation sites is 1. The maximum Gasteiger partial charge on any atom is 0.328 e. The van der Waals surface area contributed by atoms with Crippen LogP contribution in [0.5, 0.6) is 5.75 Å². The molecule has 0 spiro atoms. The van der Waals surface area contributed by atoms with Gasteiger partial charge in [-0.25, -0.2) is 4.79 Å². The molecule has 2 unspecified atom stereocenters. The predicted octanol–water partition coefficient (Wildman–Crippen LogP) is 2.95. The molecule has 132 valence electrons. The molecule has 0 aliphatic heterocycles. The van der Waals surface area contributed by atoms with E-state index in [1.165, 1.54) is 0 Å². The highest BCUT2D eigenvalue weighted by atomic mass is 16.5. The first kappa shape index (κ1) is 18.7. The molecule has 2 rings (SSSR count). The molecule has 0 fully saturated rings. The van der Waals surface area contributed by atoms with Gasteiger partial charge in [0.15, 0.2) is 0 Å². The van der Waals surface area contributed by atoms with Gasteiger partial charge >= 0.3 is 5.97 Å². The number of amides is 1. The van der Waals surface area contributed by atoms with Crippen LogP contribution in [0.1, 0.15) is 31.1 Å². The molecule has 3 N–H and O–H groups in total. The van der Waals surface area contributed by atoms with Gasteiger partial charge in [0.25, 0.3) is 5.91 Å². The number of rotatable bonds is 5. The lowest BCUT2D eigenvalue weighted by Gasteiger charge is -2.16. The summed E-state index contributed by atoms with van der Waals surface area (Å²) in [5, 5.41) is 2.82. The number of allylic oxidation sites excluding steroid dienone is 5. The fourth-order valence-corrected chi connectivity index (χ4v) is 2.18. The minimum Gasteiger partial charge on any atom is -0.425 e. The van der Waals surface area contributed by atoms with Crippen LogP contribution >= 0.6 is 0 Å². The van der Waals surface area contributed by atoms with Gasteiger partial charge in [0.1, 0.15) is 11.8 Å². The van der Waals surface area contributed by atoms with Crippen LogP contribution in [0.3, 0.4) is 0 Å². The number of carbonyl (C=O) groups is 2. The Hall–Kier alpha value is -2.66. The molecule has 0 saturated heterocycles. The second-order valence-electron chi connectivity index (χ2n) is 6.37. The summed E-state index contributed by atoms with van der Waals surface area (Å²) in [6, 6.07) is 5.87. The van der Waals surface area contributed by atoms with Gasteiger partial charge in [-0.15, -0.1) is 0 Å². The molecule has 25 heavy (non-hydrogen) atoms. The monoisotopic (exact) mass is 340 g/mol. The van der Waals surface area contributed by atoms with Crippen molar-refractivity contribution in [2.45, 2.75) is 26.8 Å². The van der Waals surface area contributed by atoms with Crippen LogP contribution in [0.2, 0.25) is 0 Å². The number of benzene rings is 1. The molecule has 0 aromatic heterocycles. The number of carbonyl (C=O) groups excluding carboxylic acids is 2. The second kappa shape index (κ2) is 8.44. The third-order valence-electron chi connectivity index (χ3n) is 3.86. The average molecular weight is 340 g/mol. The van der Waals surface area contributed by atoms with Gasteiger partial charge in [-0.2, -0.15) is 0 Å². The van der Waals surface area contributed by atoms with Gasteiger partial charge in [0.05, 0.1) is 5.56 Å². The first-order valence-electron chi connectivity index (χ1n) is 8.33. The summed E-state index contributed by atoms with van der Waals surface area (Å²) >= 11 is 0. The van der Waals surface area contributed by atoms with Crippen LogP contribution in [0.15, 0.2) is 60.3 Å². The third kappa shape index (κ3) is 5.16. The Bertz CT molecular complexity index is 732. The van der Waals surface area contributed by atoms with E-state index < -0.39 is 12.0 Å². The zero-order valence-corrected chi connectivity index (χ0v) is 14.7. The van der Waals surface area contributed by atoms with E-state index in [1.54, 1.807) is 24.3 Å². The van der Waals surface area contributed by atoms with Crippen LogP contribution in [-0.4, -0.2) is 17.9 Å². The molecule has 0 heterocycles. The molecule has 0 radical (unpaired) electrons. The zero-order valence-electron chi connectivity index (χ0n) is 14.7. The molecule has 2 atom stereocenters. The zero-order chi connectivity index (χ0) is 18.4. The van der Waals surface area contributed by atoms with Crippen LogP contribution in [0.4, 0.5) is 0 Å². The third-order valence-corrected chi connectivity index (χ3v) is 3.86. The van der Waals surface area contributed by atoms with E-state index in [0.717, 1.165) is 0 Å². The van der Waals surface area contributed by atoms with Gasteiger partial charge in [-0.3, -0.25) is 4.79 Å². The van der Waals surface area contributed by atoms with E-state index in [-0.39, 0.29) is 23.1 Å². The minimum absolute atomic E-state index is 0.0523. The largest absolute Gasteiger partial charge is 0.425 e. The summed E-state index contributed by atoms with van der Waals surface area (Å²) in [4.78, 5) is 24.7. The van der Waals surface area contributed by atoms with Gasteiger partial charge < -0.3 is 15.8 Å². The molecule has 0 bridgehead atoms. The van der Waals surface area contributed by atoms with Crippen molar-refractivity contribution in [3.63, 3.8) is 0 Å². The van der Waals surface area contributed by atoms with E-state index in [1.807, 2.05) is 44.2 Å². The Balaban J connectivity index is 2.15. The van der Waals surface area contributed by atoms with E-state index >= 15 is 0 Å². The van der Waals surface area contributed by atoms with Crippen molar-refractivity contribution in [3.8, 4) is 5.75 Å². The van der Waals surface area contributed by atoms with Crippen molar-refractivity contribution in [3.05, 3.63) is 65.9 Å². The molecule has 5 nitrogen and oxygen atoms in total. The number of ether oxygens (including phenoxy) is 1. The Morgan fingerprint density at radius 3 is 2.64 bits per heavy atom. The second-order valence-corrected chi connectivity index (χ2v) is 6.37. The summed E-state index contributed by atoms with van der Waals surface area (Å²) in [7, 11) is 0. The van der Waals surface area contributed by atoms with Crippen molar-refractivity contribution in [2.75, 3.05) is 0 Å². The SMILES string of the molecule is CC1C=CC=C(NC(=O)c2ccccc2OC(=O)C(N)C(C)C)C=C1. The summed E-state index contributed by atoms with van der Waals surface area (Å²) in [6.45, 7) is 5.73. The topological polar surface area (TPSA) is 81.4 Å². The maximum atomic E-state index is 12.6. The van der Waals surface area contributed by atoms with Crippen LogP contribution in [0.25, 0.3) is 0 Å². The van der Waals surface area contributed by atoms with Crippen LogP contribution in [0, 0.1) is 11.8 Å². The van der Waals surface area contributed by atoms with Crippen LogP contribution in [-0.2, 0) is 4.79 Å². The molecule has 1 aliphatic carbocycles. The standard InChI is InChI=1S/C20H24N2O3/c1-13(2)18(21)20(24)25-17-10-5-4-9-16(17)19(23)22-15-8-6-7-14(3)11-12-15/h4-14,18H,21H2,1-3H3,(H,22,23). The minimum atomic E-state index is -0.741. The summed E-state index contributed by atoms with van der Waals surface area (Å²) in [6.07, 6.45) is 9.59. The molecule has 1 aliphatic rings. The lowest BCUT2D eigenvalue weighted by Crippen LogP contribution is -2.39. The molecule has 1 aromatic carbocycles. The van der Waals surface area contributed by atoms with Crippen molar-refractivity contribution >= 4 is 11.9 Å². The smallest absolute Gasteiger partial charge is 0.328 e. The highest BCUT2D eigenvalue weighted by Gasteiger charge is 2.22. The Morgan fingerprint density at radius 1 is 1.20 bits per heavy atom. The van der Waals surface area contributed by atoms with Gasteiger partial charge in [0, 0.05) is 5.70 Å². The predicted molar refractivity (Wildman–Crippen MR) is 97.9 cm³/mol. The van der Waals surface area contributed by atoms with Crippen molar-refractivity contribution in [2.24, 2.45) is 17.6 Å². The van der Waals surface area contributed by atoms with Crippen LogP contribution < -0.4 is 15.8 Å². The number of nitrogens with two attached hydrogens (primary N) is 1. The molecular weight excluding hydrogens is 316 g/mol. The Labute approximate surface area is 148 Å². The number of nitrogens with one attached hydrogen (secondary N) is 1. The maximum absolute atomic E-state index is 12.6. The highest BCUT2D eigenvalue weighted by Crippen LogP contribution is 2.20. The average Bonchev–Trinajstić information content (AvgIpc) is 2.78.